The van der Waals surface area contributed by atoms with Crippen LogP contribution in [0, 0.1) is 0 Å². The fraction of sp³-hybridized carbons (Fsp3) is 1.00. The molecule has 1 fully saturated rings. The lowest BCUT2D eigenvalue weighted by Gasteiger charge is -2.17. The van der Waals surface area contributed by atoms with Crippen LogP contribution in [-0.4, -0.2) is 42.8 Å². The first kappa shape index (κ1) is 9.95. The molecule has 1 atom stereocenters. The van der Waals surface area contributed by atoms with Gasteiger partial charge in [0.1, 0.15) is 0 Å². The average molecular weight is 193 g/mol. The van der Waals surface area contributed by atoms with E-state index >= 15 is 0 Å². The molecule has 0 aromatic rings. The summed E-state index contributed by atoms with van der Waals surface area (Å²) >= 11 is 0. The normalized spacial score (nSPS) is 25.8. The lowest BCUT2D eigenvalue weighted by atomic mass is 10.3. The Labute approximate surface area is 73.2 Å². The molecule has 0 spiro atoms. The van der Waals surface area contributed by atoms with Crippen LogP contribution in [0.5, 0.6) is 0 Å². The molecule has 1 saturated heterocycles. The first-order chi connectivity index (χ1) is 5.56. The second-order valence-corrected chi connectivity index (χ2v) is 5.18. The minimum absolute atomic E-state index is 0.240. The molecule has 1 N–H and O–H groups in total. The van der Waals surface area contributed by atoms with Crippen LogP contribution in [0.3, 0.4) is 0 Å². The molecular weight excluding hydrogens is 178 g/mol. The summed E-state index contributed by atoms with van der Waals surface area (Å²) in [6, 6.07) is 0. The molecule has 0 aliphatic carbocycles. The SMILES string of the molecule is CCC(O)CN1CCCS1(=O)=O. The van der Waals surface area contributed by atoms with Crippen molar-refractivity contribution >= 4 is 10.0 Å². The van der Waals surface area contributed by atoms with Crippen molar-refractivity contribution in [2.45, 2.75) is 25.9 Å². The van der Waals surface area contributed by atoms with Crippen molar-refractivity contribution in [3.63, 3.8) is 0 Å². The summed E-state index contributed by atoms with van der Waals surface area (Å²) in [5, 5.41) is 9.24. The average Bonchev–Trinajstić information content (AvgIpc) is 2.31. The number of hydrogen-bond donors (Lipinski definition) is 1. The van der Waals surface area contributed by atoms with Gasteiger partial charge in [-0.2, -0.15) is 4.31 Å². The number of β-amino-alcohol motifs (C(OH)–C–C–N with tert-alkyl or cyclic N) is 1. The van der Waals surface area contributed by atoms with Crippen molar-refractivity contribution in [2.75, 3.05) is 18.8 Å². The van der Waals surface area contributed by atoms with Crippen molar-refractivity contribution in [1.82, 2.24) is 4.31 Å². The minimum Gasteiger partial charge on any atom is -0.392 e. The van der Waals surface area contributed by atoms with Gasteiger partial charge in [-0.15, -0.1) is 0 Å². The van der Waals surface area contributed by atoms with Gasteiger partial charge in [-0.1, -0.05) is 6.92 Å². The van der Waals surface area contributed by atoms with Gasteiger partial charge in [0.15, 0.2) is 0 Å². The first-order valence-electron chi connectivity index (χ1n) is 4.22. The van der Waals surface area contributed by atoms with E-state index in [2.05, 4.69) is 0 Å². The number of nitrogens with zero attached hydrogens (tertiary/aromatic N) is 1. The topological polar surface area (TPSA) is 57.6 Å². The number of hydrogen-bond acceptors (Lipinski definition) is 3. The zero-order valence-corrected chi connectivity index (χ0v) is 8.05. The maximum atomic E-state index is 11.2. The van der Waals surface area contributed by atoms with Gasteiger partial charge in [0.2, 0.25) is 10.0 Å². The summed E-state index contributed by atoms with van der Waals surface area (Å²) in [5.74, 6) is 0.240. The predicted molar refractivity (Wildman–Crippen MR) is 46.3 cm³/mol. The zero-order chi connectivity index (χ0) is 9.19. The molecule has 0 aromatic heterocycles. The van der Waals surface area contributed by atoms with Gasteiger partial charge in [-0.25, -0.2) is 8.42 Å². The molecule has 72 valence electrons. The summed E-state index contributed by atoms with van der Waals surface area (Å²) in [4.78, 5) is 0. The van der Waals surface area contributed by atoms with E-state index in [1.54, 1.807) is 0 Å². The Morgan fingerprint density at radius 1 is 1.58 bits per heavy atom. The maximum absolute atomic E-state index is 11.2. The fourth-order valence-electron chi connectivity index (χ4n) is 1.26. The maximum Gasteiger partial charge on any atom is 0.214 e. The molecule has 1 aliphatic rings. The van der Waals surface area contributed by atoms with Crippen LogP contribution in [-0.2, 0) is 10.0 Å². The highest BCUT2D eigenvalue weighted by atomic mass is 32.2. The van der Waals surface area contributed by atoms with Gasteiger partial charge in [0.05, 0.1) is 11.9 Å². The van der Waals surface area contributed by atoms with Crippen molar-refractivity contribution in [3.8, 4) is 0 Å². The van der Waals surface area contributed by atoms with Crippen molar-refractivity contribution in [3.05, 3.63) is 0 Å². The summed E-state index contributed by atoms with van der Waals surface area (Å²) in [6.07, 6.45) is 0.781. The summed E-state index contributed by atoms with van der Waals surface area (Å²) in [7, 11) is -3.02. The predicted octanol–water partition coefficient (Wildman–Crippen LogP) is -0.207. The Bertz CT molecular complexity index is 237. The lowest BCUT2D eigenvalue weighted by Crippen LogP contribution is -2.33. The molecule has 4 nitrogen and oxygen atoms in total. The van der Waals surface area contributed by atoms with E-state index in [0.29, 0.717) is 19.4 Å². The van der Waals surface area contributed by atoms with Crippen LogP contribution in [0.4, 0.5) is 0 Å². The minimum atomic E-state index is -3.02. The van der Waals surface area contributed by atoms with E-state index < -0.39 is 16.1 Å². The Morgan fingerprint density at radius 3 is 2.67 bits per heavy atom. The lowest BCUT2D eigenvalue weighted by molar-refractivity contribution is 0.144. The summed E-state index contributed by atoms with van der Waals surface area (Å²) < 4.78 is 23.8. The molecule has 0 amide bonds. The van der Waals surface area contributed by atoms with Crippen LogP contribution in [0.2, 0.25) is 0 Å². The van der Waals surface area contributed by atoms with E-state index in [4.69, 9.17) is 0 Å². The molecule has 12 heavy (non-hydrogen) atoms. The zero-order valence-electron chi connectivity index (χ0n) is 7.23. The summed E-state index contributed by atoms with van der Waals surface area (Å²) in [6.45, 7) is 2.67. The van der Waals surface area contributed by atoms with E-state index in [-0.39, 0.29) is 12.3 Å². The highest BCUT2D eigenvalue weighted by molar-refractivity contribution is 7.89. The standard InChI is InChI=1S/C7H15NO3S/c1-2-7(9)6-8-4-3-5-12(8,10)11/h7,9H,2-6H2,1H3. The van der Waals surface area contributed by atoms with E-state index in [0.717, 1.165) is 0 Å². The Hall–Kier alpha value is -0.130. The van der Waals surface area contributed by atoms with E-state index in [9.17, 15) is 13.5 Å². The van der Waals surface area contributed by atoms with Crippen molar-refractivity contribution in [1.29, 1.82) is 0 Å². The molecule has 5 heteroatoms. The number of aliphatic hydroxyl groups excluding tert-OH is 1. The number of rotatable bonds is 3. The summed E-state index contributed by atoms with van der Waals surface area (Å²) in [5.41, 5.74) is 0. The molecule has 0 aromatic carbocycles. The van der Waals surface area contributed by atoms with E-state index in [1.165, 1.54) is 4.31 Å². The second-order valence-electron chi connectivity index (χ2n) is 3.09. The Morgan fingerprint density at radius 2 is 2.25 bits per heavy atom. The van der Waals surface area contributed by atoms with Gasteiger partial charge in [0.25, 0.3) is 0 Å². The second kappa shape index (κ2) is 3.72. The molecular formula is C7H15NO3S. The first-order valence-corrected chi connectivity index (χ1v) is 5.83. The van der Waals surface area contributed by atoms with Crippen molar-refractivity contribution in [2.24, 2.45) is 0 Å². The third-order valence-corrected chi connectivity index (χ3v) is 4.01. The number of sulfonamides is 1. The van der Waals surface area contributed by atoms with E-state index in [1.807, 2.05) is 6.92 Å². The Kier molecular flexibility index (Phi) is 3.09. The van der Waals surface area contributed by atoms with Gasteiger partial charge in [0, 0.05) is 13.1 Å². The largest absolute Gasteiger partial charge is 0.392 e. The van der Waals surface area contributed by atoms with Crippen molar-refractivity contribution < 1.29 is 13.5 Å². The molecule has 0 bridgehead atoms. The smallest absolute Gasteiger partial charge is 0.214 e. The quantitative estimate of drug-likeness (QED) is 0.675. The molecule has 1 aliphatic heterocycles. The molecule has 1 heterocycles. The molecule has 1 unspecified atom stereocenters. The van der Waals surface area contributed by atoms with Gasteiger partial charge >= 0.3 is 0 Å². The third kappa shape index (κ3) is 2.18. The third-order valence-electron chi connectivity index (χ3n) is 2.09. The van der Waals surface area contributed by atoms with Gasteiger partial charge in [-0.05, 0) is 12.8 Å². The fourth-order valence-corrected chi connectivity index (χ4v) is 2.82. The number of aliphatic hydroxyl groups is 1. The van der Waals surface area contributed by atoms with Crippen LogP contribution in [0.25, 0.3) is 0 Å². The Balaban J connectivity index is 2.53. The molecule has 1 rings (SSSR count). The van der Waals surface area contributed by atoms with Crippen LogP contribution in [0.15, 0.2) is 0 Å². The van der Waals surface area contributed by atoms with Gasteiger partial charge < -0.3 is 5.11 Å². The highest BCUT2D eigenvalue weighted by Crippen LogP contribution is 2.13. The monoisotopic (exact) mass is 193 g/mol. The van der Waals surface area contributed by atoms with Crippen LogP contribution < -0.4 is 0 Å². The van der Waals surface area contributed by atoms with Gasteiger partial charge in [-0.3, -0.25) is 0 Å². The molecule has 0 saturated carbocycles. The van der Waals surface area contributed by atoms with Crippen LogP contribution in [0.1, 0.15) is 19.8 Å². The highest BCUT2D eigenvalue weighted by Gasteiger charge is 2.29. The molecule has 0 radical (unpaired) electrons. The van der Waals surface area contributed by atoms with Crippen LogP contribution >= 0.6 is 0 Å².